The van der Waals surface area contributed by atoms with Crippen LogP contribution in [0.1, 0.15) is 25.7 Å². The van der Waals surface area contributed by atoms with E-state index in [4.69, 9.17) is 4.74 Å². The lowest BCUT2D eigenvalue weighted by Gasteiger charge is -2.22. The number of nitro benzene ring substituents is 1. The molecule has 0 unspecified atom stereocenters. The van der Waals surface area contributed by atoms with Gasteiger partial charge in [-0.1, -0.05) is 11.3 Å². The van der Waals surface area contributed by atoms with Crippen LogP contribution in [0.4, 0.5) is 5.69 Å². The Kier molecular flexibility index (Phi) is 6.56. The molecule has 1 saturated heterocycles. The number of thiazole rings is 1. The Morgan fingerprint density at radius 3 is 2.91 bits per heavy atom. The molecule has 0 aliphatic carbocycles. The van der Waals surface area contributed by atoms with E-state index in [-0.39, 0.29) is 18.1 Å². The van der Waals surface area contributed by atoms with Crippen LogP contribution >= 0.6 is 23.7 Å². The molecule has 0 bridgehead atoms. The van der Waals surface area contributed by atoms with Crippen molar-refractivity contribution in [2.75, 3.05) is 19.7 Å². The fraction of sp³-hybridized carbons (Fsp3) is 0.533. The van der Waals surface area contributed by atoms with Crippen molar-refractivity contribution in [2.24, 2.45) is 5.92 Å². The summed E-state index contributed by atoms with van der Waals surface area (Å²) >= 11 is 1.44. The van der Waals surface area contributed by atoms with Gasteiger partial charge in [-0.2, -0.15) is 0 Å². The number of benzene rings is 1. The normalized spacial score (nSPS) is 15.3. The van der Waals surface area contributed by atoms with Crippen LogP contribution in [-0.4, -0.2) is 29.6 Å². The quantitative estimate of drug-likeness (QED) is 0.483. The lowest BCUT2D eigenvalue weighted by Crippen LogP contribution is -2.27. The van der Waals surface area contributed by atoms with Gasteiger partial charge in [0.2, 0.25) is 0 Å². The number of nitrogens with zero attached hydrogens (tertiary/aromatic N) is 2. The van der Waals surface area contributed by atoms with E-state index in [1.54, 1.807) is 6.07 Å². The third-order valence-electron chi connectivity index (χ3n) is 4.00. The van der Waals surface area contributed by atoms with Crippen molar-refractivity contribution in [1.82, 2.24) is 10.3 Å². The number of piperidine rings is 1. The third kappa shape index (κ3) is 4.76. The maximum Gasteiger partial charge on any atom is 0.274 e. The molecule has 0 saturated carbocycles. The molecule has 1 aliphatic rings. The van der Waals surface area contributed by atoms with E-state index in [2.05, 4.69) is 10.3 Å². The highest BCUT2D eigenvalue weighted by atomic mass is 35.5. The van der Waals surface area contributed by atoms with E-state index in [1.165, 1.54) is 42.7 Å². The van der Waals surface area contributed by atoms with E-state index in [9.17, 15) is 10.1 Å². The van der Waals surface area contributed by atoms with Crippen LogP contribution in [-0.2, 0) is 0 Å². The van der Waals surface area contributed by atoms with Crippen molar-refractivity contribution >= 4 is 39.6 Å². The Bertz CT molecular complexity index is 658. The van der Waals surface area contributed by atoms with Crippen molar-refractivity contribution in [3.8, 4) is 5.19 Å². The lowest BCUT2D eigenvalue weighted by atomic mass is 9.93. The first-order chi connectivity index (χ1) is 10.7. The minimum atomic E-state index is -0.404. The molecule has 2 aromatic rings. The van der Waals surface area contributed by atoms with Crippen molar-refractivity contribution < 1.29 is 9.66 Å². The Morgan fingerprint density at radius 1 is 1.39 bits per heavy atom. The second-order valence-corrected chi connectivity index (χ2v) is 6.57. The minimum absolute atomic E-state index is 0. The van der Waals surface area contributed by atoms with Gasteiger partial charge in [-0.25, -0.2) is 4.98 Å². The molecular weight excluding hydrogens is 338 g/mol. The van der Waals surface area contributed by atoms with Crippen molar-refractivity contribution in [3.05, 3.63) is 28.3 Å². The Hall–Kier alpha value is -1.44. The first kappa shape index (κ1) is 17.9. The SMILES string of the molecule is Cl.O=[N+]([O-])c1ccc2sc(OCCCC3CCNCC3)nc2c1. The van der Waals surface area contributed by atoms with Crippen LogP contribution < -0.4 is 10.1 Å². The molecule has 8 heteroatoms. The number of nitrogens with one attached hydrogen (secondary N) is 1. The number of fused-ring (bicyclic) bond motifs is 1. The molecule has 126 valence electrons. The highest BCUT2D eigenvalue weighted by molar-refractivity contribution is 7.20. The molecule has 1 aliphatic heterocycles. The van der Waals surface area contributed by atoms with Crippen LogP contribution in [0.3, 0.4) is 0 Å². The van der Waals surface area contributed by atoms with Crippen LogP contribution in [0.25, 0.3) is 10.2 Å². The second-order valence-electron chi connectivity index (χ2n) is 5.57. The van der Waals surface area contributed by atoms with E-state index >= 15 is 0 Å². The molecule has 3 rings (SSSR count). The second kappa shape index (κ2) is 8.42. The number of non-ortho nitro benzene ring substituents is 1. The van der Waals surface area contributed by atoms with Crippen molar-refractivity contribution in [1.29, 1.82) is 0 Å². The van der Waals surface area contributed by atoms with E-state index in [0.29, 0.717) is 17.3 Å². The molecular formula is C15H20ClN3O3S. The Balaban J connectivity index is 0.00000192. The number of aromatic nitrogens is 1. The van der Waals surface area contributed by atoms with Gasteiger partial charge in [0.25, 0.3) is 10.9 Å². The highest BCUT2D eigenvalue weighted by Crippen LogP contribution is 2.30. The van der Waals surface area contributed by atoms with Crippen LogP contribution in [0.15, 0.2) is 18.2 Å². The van der Waals surface area contributed by atoms with E-state index in [0.717, 1.165) is 30.1 Å². The van der Waals surface area contributed by atoms with Gasteiger partial charge in [-0.3, -0.25) is 10.1 Å². The first-order valence-corrected chi connectivity index (χ1v) is 8.42. The summed E-state index contributed by atoms with van der Waals surface area (Å²) < 4.78 is 6.62. The van der Waals surface area contributed by atoms with Gasteiger partial charge in [-0.05, 0) is 50.8 Å². The number of hydrogen-bond donors (Lipinski definition) is 1. The average molecular weight is 358 g/mol. The Labute approximate surface area is 144 Å². The fourth-order valence-corrected chi connectivity index (χ4v) is 3.59. The van der Waals surface area contributed by atoms with Gasteiger partial charge in [0, 0.05) is 12.1 Å². The number of nitro groups is 1. The number of ether oxygens (including phenoxy) is 1. The maximum absolute atomic E-state index is 10.8. The van der Waals surface area contributed by atoms with Gasteiger partial charge < -0.3 is 10.1 Å². The molecule has 1 N–H and O–H groups in total. The zero-order valence-corrected chi connectivity index (χ0v) is 14.3. The number of rotatable bonds is 6. The van der Waals surface area contributed by atoms with Crippen LogP contribution in [0.5, 0.6) is 5.19 Å². The van der Waals surface area contributed by atoms with Crippen molar-refractivity contribution in [3.63, 3.8) is 0 Å². The predicted molar refractivity (Wildman–Crippen MR) is 93.8 cm³/mol. The zero-order chi connectivity index (χ0) is 15.4. The standard InChI is InChI=1S/C15H19N3O3S.ClH/c19-18(20)12-3-4-14-13(10-12)17-15(22-14)21-9-1-2-11-5-7-16-8-6-11;/h3-4,10-11,16H,1-2,5-9H2;1H. The summed E-state index contributed by atoms with van der Waals surface area (Å²) in [5, 5.41) is 14.7. The monoisotopic (exact) mass is 357 g/mol. The van der Waals surface area contributed by atoms with Crippen LogP contribution in [0.2, 0.25) is 0 Å². The maximum atomic E-state index is 10.8. The topological polar surface area (TPSA) is 77.3 Å². The predicted octanol–water partition coefficient (Wildman–Crippen LogP) is 3.78. The molecule has 0 spiro atoms. The van der Waals surface area contributed by atoms with Gasteiger partial charge in [-0.15, -0.1) is 12.4 Å². The fourth-order valence-electron chi connectivity index (χ4n) is 2.77. The van der Waals surface area contributed by atoms with Gasteiger partial charge in [0.1, 0.15) is 0 Å². The molecule has 0 atom stereocenters. The summed E-state index contributed by atoms with van der Waals surface area (Å²) in [6, 6.07) is 4.72. The lowest BCUT2D eigenvalue weighted by molar-refractivity contribution is -0.384. The van der Waals surface area contributed by atoms with Gasteiger partial charge in [0.05, 0.1) is 21.7 Å². The smallest absolute Gasteiger partial charge is 0.274 e. The molecule has 0 radical (unpaired) electrons. The number of halogens is 1. The third-order valence-corrected chi connectivity index (χ3v) is 4.95. The molecule has 1 aromatic carbocycles. The van der Waals surface area contributed by atoms with E-state index in [1.807, 2.05) is 0 Å². The largest absolute Gasteiger partial charge is 0.470 e. The van der Waals surface area contributed by atoms with E-state index < -0.39 is 4.92 Å². The minimum Gasteiger partial charge on any atom is -0.470 e. The summed E-state index contributed by atoms with van der Waals surface area (Å²) in [5.74, 6) is 0.808. The van der Waals surface area contributed by atoms with Crippen LogP contribution in [0, 0.1) is 16.0 Å². The summed E-state index contributed by atoms with van der Waals surface area (Å²) in [4.78, 5) is 14.7. The molecule has 1 fully saturated rings. The summed E-state index contributed by atoms with van der Waals surface area (Å²) in [7, 11) is 0. The first-order valence-electron chi connectivity index (χ1n) is 7.61. The molecule has 2 heterocycles. The molecule has 0 amide bonds. The highest BCUT2D eigenvalue weighted by Gasteiger charge is 2.13. The average Bonchev–Trinajstić information content (AvgIpc) is 2.94. The molecule has 1 aromatic heterocycles. The number of hydrogen-bond acceptors (Lipinski definition) is 6. The molecule has 23 heavy (non-hydrogen) atoms. The van der Waals surface area contributed by atoms with Gasteiger partial charge in [0.15, 0.2) is 0 Å². The molecule has 6 nitrogen and oxygen atoms in total. The Morgan fingerprint density at radius 2 is 2.17 bits per heavy atom. The summed E-state index contributed by atoms with van der Waals surface area (Å²) in [6.45, 7) is 2.91. The summed E-state index contributed by atoms with van der Waals surface area (Å²) in [6.07, 6.45) is 4.73. The van der Waals surface area contributed by atoms with Gasteiger partial charge >= 0.3 is 0 Å². The summed E-state index contributed by atoms with van der Waals surface area (Å²) in [5.41, 5.74) is 0.697. The zero-order valence-electron chi connectivity index (χ0n) is 12.7. The van der Waals surface area contributed by atoms with Crippen molar-refractivity contribution in [2.45, 2.75) is 25.7 Å².